The van der Waals surface area contributed by atoms with E-state index >= 15 is 0 Å². The zero-order valence-corrected chi connectivity index (χ0v) is 20.8. The Morgan fingerprint density at radius 1 is 0.971 bits per heavy atom. The van der Waals surface area contributed by atoms with Gasteiger partial charge in [-0.15, -0.1) is 0 Å². The highest BCUT2D eigenvalue weighted by Crippen LogP contribution is 2.42. The summed E-state index contributed by atoms with van der Waals surface area (Å²) in [5.41, 5.74) is 0.235. The van der Waals surface area contributed by atoms with Gasteiger partial charge in [-0.05, 0) is 57.4 Å². The predicted octanol–water partition coefficient (Wildman–Crippen LogP) is 4.56. The number of likely N-dealkylation sites (tertiary alicyclic amines) is 1. The van der Waals surface area contributed by atoms with Crippen LogP contribution in [-0.2, 0) is 15.9 Å². The molecule has 0 spiro atoms. The van der Waals surface area contributed by atoms with Crippen LogP contribution in [-0.4, -0.2) is 58.4 Å². The lowest BCUT2D eigenvalue weighted by Gasteiger charge is -2.45. The normalized spacial score (nSPS) is 24.5. The molecule has 2 N–H and O–H groups in total. The van der Waals surface area contributed by atoms with Crippen LogP contribution < -0.4 is 0 Å². The maximum absolute atomic E-state index is 13.3. The molecule has 0 aromatic heterocycles. The van der Waals surface area contributed by atoms with Crippen molar-refractivity contribution in [1.29, 1.82) is 0 Å². The van der Waals surface area contributed by atoms with Crippen LogP contribution in [0.1, 0.15) is 69.2 Å². The summed E-state index contributed by atoms with van der Waals surface area (Å²) in [6, 6.07) is 17.6. The molecule has 6 nitrogen and oxygen atoms in total. The lowest BCUT2D eigenvalue weighted by molar-refractivity contribution is -0.101. The average molecular weight is 467 g/mol. The molecule has 0 unspecified atom stereocenters. The quantitative estimate of drug-likeness (QED) is 0.653. The summed E-state index contributed by atoms with van der Waals surface area (Å²) >= 11 is 0. The van der Waals surface area contributed by atoms with Crippen molar-refractivity contribution in [3.05, 3.63) is 71.3 Å². The first-order chi connectivity index (χ1) is 16.0. The van der Waals surface area contributed by atoms with Gasteiger partial charge in [-0.2, -0.15) is 0 Å². The fourth-order valence-corrected chi connectivity index (χ4v) is 5.42. The van der Waals surface area contributed by atoms with E-state index in [1.54, 1.807) is 18.7 Å². The number of hydrogen-bond acceptors (Lipinski definition) is 5. The minimum atomic E-state index is -0.978. The number of piperidine rings is 1. The molecule has 2 aliphatic heterocycles. The van der Waals surface area contributed by atoms with E-state index in [1.165, 1.54) is 0 Å². The minimum absolute atomic E-state index is 0.162. The van der Waals surface area contributed by atoms with E-state index in [2.05, 4.69) is 11.9 Å². The molecule has 0 bridgehead atoms. The summed E-state index contributed by atoms with van der Waals surface area (Å²) in [7, 11) is 2.08. The van der Waals surface area contributed by atoms with Crippen molar-refractivity contribution in [2.75, 3.05) is 26.7 Å². The van der Waals surface area contributed by atoms with Gasteiger partial charge in [-0.1, -0.05) is 54.6 Å². The van der Waals surface area contributed by atoms with E-state index in [0.717, 1.165) is 42.6 Å². The van der Waals surface area contributed by atoms with Crippen molar-refractivity contribution in [3.63, 3.8) is 0 Å². The molecule has 2 heterocycles. The smallest absolute Gasteiger partial charge is 0.411 e. The fraction of sp³-hybridized carbons (Fsp3) is 0.536. The number of nitrogens with zero attached hydrogens (tertiary/aromatic N) is 2. The Hall–Kier alpha value is -2.41. The van der Waals surface area contributed by atoms with Crippen LogP contribution in [0.3, 0.4) is 0 Å². The van der Waals surface area contributed by atoms with Crippen LogP contribution in [0.5, 0.6) is 0 Å². The molecule has 0 saturated carbocycles. The van der Waals surface area contributed by atoms with E-state index in [1.807, 2.05) is 61.5 Å². The summed E-state index contributed by atoms with van der Waals surface area (Å²) in [5.74, 6) is 0. The largest absolute Gasteiger partial charge is 0.438 e. The molecular weight excluding hydrogens is 428 g/mol. The topological polar surface area (TPSA) is 73.2 Å². The summed E-state index contributed by atoms with van der Waals surface area (Å²) in [5, 5.41) is 21.7. The van der Waals surface area contributed by atoms with E-state index < -0.39 is 16.8 Å². The highest BCUT2D eigenvalue weighted by Gasteiger charge is 2.46. The molecule has 4 rings (SSSR count). The van der Waals surface area contributed by atoms with E-state index in [4.69, 9.17) is 4.74 Å². The van der Waals surface area contributed by atoms with E-state index in [-0.39, 0.29) is 12.1 Å². The molecule has 34 heavy (non-hydrogen) atoms. The zero-order valence-electron chi connectivity index (χ0n) is 20.8. The Kier molecular flexibility index (Phi) is 6.78. The van der Waals surface area contributed by atoms with Crippen LogP contribution in [0, 0.1) is 0 Å². The standard InChI is InChI=1S/C28H38N2O4/c1-21(22-10-12-23(13-11-22)27(33)14-17-29(4)18-15-27)30-19-16-28(34-25(30)31,20-26(2,3)32)24-8-6-5-7-9-24/h5-13,21,32-33H,14-20H2,1-4H3/t21-,28-/m0/s1. The molecule has 2 atom stereocenters. The number of amides is 1. The van der Waals surface area contributed by atoms with Gasteiger partial charge in [0.05, 0.1) is 17.2 Å². The molecule has 1 amide bonds. The summed E-state index contributed by atoms with van der Waals surface area (Å²) < 4.78 is 6.12. The SMILES string of the molecule is C[C@@H](c1ccc(C2(O)CCN(C)CC2)cc1)N1CC[C@](CC(C)(C)O)(c2ccccc2)OC1=O. The second kappa shape index (κ2) is 9.33. The number of benzene rings is 2. The number of ether oxygens (including phenoxy) is 1. The second-order valence-electron chi connectivity index (χ2n) is 10.8. The molecule has 184 valence electrons. The summed E-state index contributed by atoms with van der Waals surface area (Å²) in [4.78, 5) is 17.2. The Morgan fingerprint density at radius 2 is 1.59 bits per heavy atom. The fourth-order valence-electron chi connectivity index (χ4n) is 5.42. The second-order valence-corrected chi connectivity index (χ2v) is 10.8. The Balaban J connectivity index is 1.50. The van der Waals surface area contributed by atoms with Crippen molar-refractivity contribution in [2.24, 2.45) is 0 Å². The third kappa shape index (κ3) is 5.14. The van der Waals surface area contributed by atoms with Gasteiger partial charge >= 0.3 is 6.09 Å². The lowest BCUT2D eigenvalue weighted by atomic mass is 9.80. The number of aliphatic hydroxyl groups is 2. The Morgan fingerprint density at radius 3 is 2.15 bits per heavy atom. The number of carbonyl (C=O) groups excluding carboxylic acids is 1. The van der Waals surface area contributed by atoms with Crippen LogP contribution in [0.15, 0.2) is 54.6 Å². The first-order valence-electron chi connectivity index (χ1n) is 12.3. The molecule has 2 fully saturated rings. The van der Waals surface area contributed by atoms with E-state index in [0.29, 0.717) is 19.4 Å². The number of carbonyl (C=O) groups is 1. The number of rotatable bonds is 6. The molecular formula is C28H38N2O4. The molecule has 2 aliphatic rings. The highest BCUT2D eigenvalue weighted by atomic mass is 16.6. The Labute approximate surface area is 203 Å². The Bertz CT molecular complexity index is 978. The maximum Gasteiger partial charge on any atom is 0.411 e. The third-order valence-corrected chi connectivity index (χ3v) is 7.50. The summed E-state index contributed by atoms with van der Waals surface area (Å²) in [6.45, 7) is 7.79. The number of cyclic esters (lactones) is 1. The van der Waals surface area contributed by atoms with Gasteiger partial charge < -0.3 is 24.7 Å². The first-order valence-corrected chi connectivity index (χ1v) is 12.3. The maximum atomic E-state index is 13.3. The molecule has 2 aromatic carbocycles. The zero-order chi connectivity index (χ0) is 24.6. The third-order valence-electron chi connectivity index (χ3n) is 7.50. The molecule has 2 saturated heterocycles. The number of hydrogen-bond donors (Lipinski definition) is 2. The van der Waals surface area contributed by atoms with Crippen molar-refractivity contribution >= 4 is 6.09 Å². The highest BCUT2D eigenvalue weighted by molar-refractivity contribution is 5.70. The van der Waals surface area contributed by atoms with Gasteiger partial charge in [0.2, 0.25) is 0 Å². The van der Waals surface area contributed by atoms with Crippen molar-refractivity contribution in [2.45, 2.75) is 69.3 Å². The predicted molar refractivity (Wildman–Crippen MR) is 132 cm³/mol. The molecule has 0 aliphatic carbocycles. The average Bonchev–Trinajstić information content (AvgIpc) is 2.80. The van der Waals surface area contributed by atoms with Gasteiger partial charge in [-0.3, -0.25) is 0 Å². The van der Waals surface area contributed by atoms with E-state index in [9.17, 15) is 15.0 Å². The minimum Gasteiger partial charge on any atom is -0.438 e. The van der Waals surface area contributed by atoms with Gasteiger partial charge in [0, 0.05) is 32.5 Å². The first kappa shape index (κ1) is 24.7. The van der Waals surface area contributed by atoms with Gasteiger partial charge in [0.25, 0.3) is 0 Å². The summed E-state index contributed by atoms with van der Waals surface area (Å²) in [6.07, 6.45) is 2.01. The van der Waals surface area contributed by atoms with Crippen LogP contribution >= 0.6 is 0 Å². The van der Waals surface area contributed by atoms with Crippen LogP contribution in [0.4, 0.5) is 4.79 Å². The van der Waals surface area contributed by atoms with Crippen molar-refractivity contribution < 1.29 is 19.7 Å². The van der Waals surface area contributed by atoms with Gasteiger partial charge in [0.15, 0.2) is 0 Å². The van der Waals surface area contributed by atoms with Gasteiger partial charge in [0.1, 0.15) is 5.60 Å². The molecule has 0 radical (unpaired) electrons. The van der Waals surface area contributed by atoms with Crippen molar-refractivity contribution in [1.82, 2.24) is 9.80 Å². The lowest BCUT2D eigenvalue weighted by Crippen LogP contribution is -2.51. The van der Waals surface area contributed by atoms with Gasteiger partial charge in [-0.25, -0.2) is 4.79 Å². The molecule has 6 heteroatoms. The van der Waals surface area contributed by atoms with Crippen molar-refractivity contribution in [3.8, 4) is 0 Å². The van der Waals surface area contributed by atoms with Crippen LogP contribution in [0.2, 0.25) is 0 Å². The van der Waals surface area contributed by atoms with Crippen LogP contribution in [0.25, 0.3) is 0 Å². The molecule has 2 aromatic rings. The monoisotopic (exact) mass is 466 g/mol.